The van der Waals surface area contributed by atoms with Gasteiger partial charge in [0.25, 0.3) is 10.0 Å². The van der Waals surface area contributed by atoms with Crippen molar-refractivity contribution in [2.24, 2.45) is 0 Å². The summed E-state index contributed by atoms with van der Waals surface area (Å²) in [5.41, 5.74) is 4.16. The summed E-state index contributed by atoms with van der Waals surface area (Å²) in [5.74, 6) is 4.72. The van der Waals surface area contributed by atoms with Gasteiger partial charge in [-0.3, -0.25) is 9.71 Å². The molecule has 4 rings (SSSR count). The summed E-state index contributed by atoms with van der Waals surface area (Å²) in [6.45, 7) is 5.64. The minimum absolute atomic E-state index is 0.0803. The molecule has 0 aliphatic carbocycles. The zero-order chi connectivity index (χ0) is 24.5. The van der Waals surface area contributed by atoms with Crippen molar-refractivity contribution >= 4 is 32.6 Å². The molecule has 2 aromatic heterocycles. The molecule has 0 bridgehead atoms. The second-order valence-corrected chi connectivity index (χ2v) is 9.36. The van der Waals surface area contributed by atoms with Crippen LogP contribution in [0.25, 0.3) is 10.9 Å². The number of benzene rings is 2. The summed E-state index contributed by atoms with van der Waals surface area (Å²) in [4.78, 5) is 19.3. The van der Waals surface area contributed by atoms with Crippen molar-refractivity contribution < 1.29 is 18.3 Å². The molecule has 170 valence electrons. The Morgan fingerprint density at radius 3 is 2.38 bits per heavy atom. The van der Waals surface area contributed by atoms with E-state index in [-0.39, 0.29) is 10.6 Å². The third kappa shape index (κ3) is 4.34. The number of nitrogens with one attached hydrogen (secondary N) is 1. The first kappa shape index (κ1) is 23.0. The fourth-order valence-corrected chi connectivity index (χ4v) is 5.20. The number of para-hydroxylation sites is 1. The molecule has 0 atom stereocenters. The largest absolute Gasteiger partial charge is 0.477 e. The summed E-state index contributed by atoms with van der Waals surface area (Å²) in [5, 5.41) is 9.76. The van der Waals surface area contributed by atoms with Crippen LogP contribution in [0.15, 0.2) is 65.8 Å². The number of carboxylic acid groups (broad SMARTS) is 1. The minimum Gasteiger partial charge on any atom is -0.477 e. The van der Waals surface area contributed by atoms with Crippen molar-refractivity contribution in [2.45, 2.75) is 25.7 Å². The molecular weight excluding hydrogens is 450 g/mol. The Labute approximate surface area is 197 Å². The first-order valence-electron chi connectivity index (χ1n) is 10.4. The molecule has 0 saturated heterocycles. The van der Waals surface area contributed by atoms with Crippen LogP contribution in [0.1, 0.15) is 38.3 Å². The van der Waals surface area contributed by atoms with Crippen LogP contribution in [0.5, 0.6) is 0 Å². The number of aromatic carboxylic acids is 1. The van der Waals surface area contributed by atoms with Crippen molar-refractivity contribution in [2.75, 3.05) is 4.72 Å². The zero-order valence-corrected chi connectivity index (χ0v) is 19.6. The second-order valence-electron chi connectivity index (χ2n) is 7.74. The number of pyridine rings is 2. The number of carboxylic acids is 1. The highest BCUT2D eigenvalue weighted by Crippen LogP contribution is 2.32. The van der Waals surface area contributed by atoms with Gasteiger partial charge in [0.05, 0.1) is 11.2 Å². The molecule has 0 aliphatic heterocycles. The summed E-state index contributed by atoms with van der Waals surface area (Å²) < 4.78 is 29.8. The van der Waals surface area contributed by atoms with Crippen LogP contribution < -0.4 is 4.72 Å². The molecule has 0 fully saturated rings. The molecular formula is C26H21N3O4S. The van der Waals surface area contributed by atoms with E-state index in [0.29, 0.717) is 27.9 Å². The standard InChI is InChI=1S/C26H21N3O4S/c1-16-17(2)21-8-6-14-27-24(21)25(18(16)3)34(32,33)29-22-9-5-4-7-20(22)12-10-19-11-13-23(26(30)31)28-15-19/h4-9,11,13-15,29H,1-3H3,(H,30,31). The Bertz CT molecular complexity index is 1600. The van der Waals surface area contributed by atoms with E-state index in [1.54, 1.807) is 49.5 Å². The van der Waals surface area contributed by atoms with Gasteiger partial charge in [-0.25, -0.2) is 18.2 Å². The van der Waals surface area contributed by atoms with Crippen molar-refractivity contribution in [3.8, 4) is 11.8 Å². The Kier molecular flexibility index (Phi) is 6.05. The van der Waals surface area contributed by atoms with Crippen molar-refractivity contribution in [3.63, 3.8) is 0 Å². The van der Waals surface area contributed by atoms with Crippen LogP contribution in [0.4, 0.5) is 5.69 Å². The van der Waals surface area contributed by atoms with Gasteiger partial charge < -0.3 is 5.11 Å². The third-order valence-corrected chi connectivity index (χ3v) is 7.18. The number of aryl methyl sites for hydroxylation is 1. The van der Waals surface area contributed by atoms with Gasteiger partial charge in [0.2, 0.25) is 0 Å². The average Bonchev–Trinajstić information content (AvgIpc) is 2.82. The lowest BCUT2D eigenvalue weighted by Gasteiger charge is -2.17. The van der Waals surface area contributed by atoms with E-state index < -0.39 is 16.0 Å². The quantitative estimate of drug-likeness (QED) is 0.426. The Morgan fingerprint density at radius 1 is 0.912 bits per heavy atom. The summed E-state index contributed by atoms with van der Waals surface area (Å²) in [6.07, 6.45) is 2.94. The van der Waals surface area contributed by atoms with Crippen LogP contribution >= 0.6 is 0 Å². The first-order chi connectivity index (χ1) is 16.2. The maximum Gasteiger partial charge on any atom is 0.354 e. The summed E-state index contributed by atoms with van der Waals surface area (Å²) in [6, 6.07) is 13.4. The number of anilines is 1. The molecule has 0 spiro atoms. The number of nitrogens with zero attached hydrogens (tertiary/aromatic N) is 2. The monoisotopic (exact) mass is 471 g/mol. The maximum absolute atomic E-state index is 13.6. The molecule has 0 radical (unpaired) electrons. The minimum atomic E-state index is -3.99. The Balaban J connectivity index is 1.75. The number of sulfonamides is 1. The van der Waals surface area contributed by atoms with Gasteiger partial charge in [0.1, 0.15) is 10.6 Å². The van der Waals surface area contributed by atoms with Crippen molar-refractivity contribution in [3.05, 3.63) is 94.4 Å². The van der Waals surface area contributed by atoms with Crippen molar-refractivity contribution in [1.29, 1.82) is 0 Å². The lowest BCUT2D eigenvalue weighted by Crippen LogP contribution is -2.17. The molecule has 2 aromatic carbocycles. The molecule has 8 heteroatoms. The number of fused-ring (bicyclic) bond motifs is 1. The van der Waals surface area contributed by atoms with Gasteiger partial charge in [-0.1, -0.05) is 30.0 Å². The highest BCUT2D eigenvalue weighted by atomic mass is 32.2. The van der Waals surface area contributed by atoms with Crippen LogP contribution in [-0.2, 0) is 10.0 Å². The smallest absolute Gasteiger partial charge is 0.354 e. The maximum atomic E-state index is 13.6. The van der Waals surface area contributed by atoms with Crippen LogP contribution in [0.2, 0.25) is 0 Å². The number of hydrogen-bond acceptors (Lipinski definition) is 5. The molecule has 0 unspecified atom stereocenters. The Morgan fingerprint density at radius 2 is 1.68 bits per heavy atom. The molecule has 7 nitrogen and oxygen atoms in total. The van der Waals surface area contributed by atoms with Crippen LogP contribution in [0, 0.1) is 32.6 Å². The van der Waals surface area contributed by atoms with Gasteiger partial charge in [-0.2, -0.15) is 0 Å². The first-order valence-corrected chi connectivity index (χ1v) is 11.8. The highest BCUT2D eigenvalue weighted by Gasteiger charge is 2.25. The molecule has 0 aliphatic rings. The van der Waals surface area contributed by atoms with E-state index in [2.05, 4.69) is 26.5 Å². The van der Waals surface area contributed by atoms with E-state index >= 15 is 0 Å². The highest BCUT2D eigenvalue weighted by molar-refractivity contribution is 7.93. The number of aromatic nitrogens is 2. The van der Waals surface area contributed by atoms with Crippen LogP contribution in [-0.4, -0.2) is 29.5 Å². The topological polar surface area (TPSA) is 109 Å². The second kappa shape index (κ2) is 8.96. The van der Waals surface area contributed by atoms with Gasteiger partial charge in [0, 0.05) is 28.9 Å². The van der Waals surface area contributed by atoms with Crippen LogP contribution in [0.3, 0.4) is 0 Å². The van der Waals surface area contributed by atoms with E-state index in [9.17, 15) is 13.2 Å². The van der Waals surface area contributed by atoms with E-state index in [1.165, 1.54) is 12.3 Å². The molecule has 0 saturated carbocycles. The molecule has 4 aromatic rings. The van der Waals surface area contributed by atoms with E-state index in [0.717, 1.165) is 16.5 Å². The fourth-order valence-electron chi connectivity index (χ4n) is 3.66. The lowest BCUT2D eigenvalue weighted by molar-refractivity contribution is 0.0690. The zero-order valence-electron chi connectivity index (χ0n) is 18.7. The Hall–Kier alpha value is -4.22. The predicted molar refractivity (Wildman–Crippen MR) is 130 cm³/mol. The molecule has 0 amide bonds. The molecule has 2 N–H and O–H groups in total. The summed E-state index contributed by atoms with van der Waals surface area (Å²) >= 11 is 0. The predicted octanol–water partition coefficient (Wildman–Crippen LogP) is 4.45. The van der Waals surface area contributed by atoms with E-state index in [1.807, 2.05) is 19.9 Å². The number of carbonyl (C=O) groups is 1. The van der Waals surface area contributed by atoms with Gasteiger partial charge in [0.15, 0.2) is 0 Å². The van der Waals surface area contributed by atoms with Crippen molar-refractivity contribution in [1.82, 2.24) is 9.97 Å². The molecule has 2 heterocycles. The lowest BCUT2D eigenvalue weighted by atomic mass is 9.99. The van der Waals surface area contributed by atoms with Gasteiger partial charge >= 0.3 is 5.97 Å². The fraction of sp³-hybridized carbons (Fsp3) is 0.115. The molecule has 34 heavy (non-hydrogen) atoms. The third-order valence-electron chi connectivity index (χ3n) is 5.66. The average molecular weight is 472 g/mol. The number of rotatable bonds is 4. The van der Waals surface area contributed by atoms with Gasteiger partial charge in [-0.15, -0.1) is 0 Å². The van der Waals surface area contributed by atoms with E-state index in [4.69, 9.17) is 5.11 Å². The number of hydrogen-bond donors (Lipinski definition) is 2. The summed E-state index contributed by atoms with van der Waals surface area (Å²) in [7, 11) is -3.99. The normalized spacial score (nSPS) is 11.0. The SMILES string of the molecule is Cc1c(C)c(S(=O)(=O)Nc2ccccc2C#Cc2ccc(C(=O)O)nc2)c2ncccc2c1C. The van der Waals surface area contributed by atoms with Gasteiger partial charge in [-0.05, 0) is 67.8 Å².